The minimum atomic E-state index is -0.906. The van der Waals surface area contributed by atoms with Crippen LogP contribution in [-0.2, 0) is 9.59 Å². The van der Waals surface area contributed by atoms with Crippen LogP contribution in [0.15, 0.2) is 23.1 Å². The largest absolute Gasteiger partial charge is 0.481 e. The van der Waals surface area contributed by atoms with Gasteiger partial charge in [0.1, 0.15) is 0 Å². The van der Waals surface area contributed by atoms with Crippen LogP contribution in [0.4, 0.5) is 5.69 Å². The SMILES string of the molecule is CC(CN(C(=O)c1ccc2c(c1)NC(=O)C(C)S2)C1CC1)C(=O)O. The lowest BCUT2D eigenvalue weighted by molar-refractivity contribution is -0.141. The highest BCUT2D eigenvalue weighted by molar-refractivity contribution is 8.00. The summed E-state index contributed by atoms with van der Waals surface area (Å²) in [6.07, 6.45) is 1.82. The van der Waals surface area contributed by atoms with Gasteiger partial charge in [-0.15, -0.1) is 11.8 Å². The van der Waals surface area contributed by atoms with Crippen LogP contribution in [0, 0.1) is 5.92 Å². The highest BCUT2D eigenvalue weighted by atomic mass is 32.2. The third-order valence-electron chi connectivity index (χ3n) is 4.30. The van der Waals surface area contributed by atoms with E-state index in [2.05, 4.69) is 5.32 Å². The normalized spacial score (nSPS) is 20.8. The number of rotatable bonds is 5. The number of carbonyl (C=O) groups excluding carboxylic acids is 2. The van der Waals surface area contributed by atoms with Crippen LogP contribution < -0.4 is 5.32 Å². The van der Waals surface area contributed by atoms with Crippen molar-refractivity contribution in [2.24, 2.45) is 5.92 Å². The number of carboxylic acid groups (broad SMARTS) is 1. The van der Waals surface area contributed by atoms with Gasteiger partial charge in [0.15, 0.2) is 0 Å². The molecular formula is C17H20N2O4S. The van der Waals surface area contributed by atoms with Crippen molar-refractivity contribution < 1.29 is 19.5 Å². The predicted octanol–water partition coefficient (Wildman–Crippen LogP) is 2.44. The molecule has 0 aromatic heterocycles. The molecule has 0 spiro atoms. The molecule has 1 saturated carbocycles. The topological polar surface area (TPSA) is 86.7 Å². The number of hydrogen-bond donors (Lipinski definition) is 2. The average Bonchev–Trinajstić information content (AvgIpc) is 3.37. The summed E-state index contributed by atoms with van der Waals surface area (Å²) in [7, 11) is 0. The number of nitrogens with zero attached hydrogens (tertiary/aromatic N) is 1. The molecule has 2 aliphatic rings. The summed E-state index contributed by atoms with van der Waals surface area (Å²) in [4.78, 5) is 38.3. The first-order valence-electron chi connectivity index (χ1n) is 8.02. The number of thioether (sulfide) groups is 1. The summed E-state index contributed by atoms with van der Waals surface area (Å²) in [5.74, 6) is -1.76. The number of carbonyl (C=O) groups is 3. The summed E-state index contributed by atoms with van der Waals surface area (Å²) in [6, 6.07) is 5.41. The van der Waals surface area contributed by atoms with Gasteiger partial charge in [-0.1, -0.05) is 6.92 Å². The number of hydrogen-bond acceptors (Lipinski definition) is 4. The number of carboxylic acids is 1. The molecule has 0 saturated heterocycles. The molecule has 1 heterocycles. The minimum absolute atomic E-state index is 0.0735. The van der Waals surface area contributed by atoms with Gasteiger partial charge in [0, 0.05) is 23.0 Å². The summed E-state index contributed by atoms with van der Waals surface area (Å²) in [5.41, 5.74) is 1.13. The van der Waals surface area contributed by atoms with E-state index in [9.17, 15) is 14.4 Å². The van der Waals surface area contributed by atoms with Crippen molar-refractivity contribution in [3.8, 4) is 0 Å². The van der Waals surface area contributed by atoms with E-state index in [1.54, 1.807) is 24.0 Å². The fourth-order valence-corrected chi connectivity index (χ4v) is 3.60. The number of fused-ring (bicyclic) bond motifs is 1. The third-order valence-corrected chi connectivity index (χ3v) is 5.48. The van der Waals surface area contributed by atoms with Crippen molar-refractivity contribution in [2.75, 3.05) is 11.9 Å². The quantitative estimate of drug-likeness (QED) is 0.853. The standard InChI is InChI=1S/C17H20N2O4S/c1-9(17(22)23)8-19(12-4-5-12)16(21)11-3-6-14-13(7-11)18-15(20)10(2)24-14/h3,6-7,9-10,12H,4-5,8H2,1-2H3,(H,18,20)(H,22,23). The molecule has 1 aromatic carbocycles. The van der Waals surface area contributed by atoms with Gasteiger partial charge in [-0.05, 0) is 38.0 Å². The fourth-order valence-electron chi connectivity index (χ4n) is 2.66. The van der Waals surface area contributed by atoms with E-state index in [0.717, 1.165) is 17.7 Å². The molecule has 0 radical (unpaired) electrons. The predicted molar refractivity (Wildman–Crippen MR) is 91.2 cm³/mol. The number of nitrogens with one attached hydrogen (secondary N) is 1. The Hall–Kier alpha value is -2.02. The van der Waals surface area contributed by atoms with Gasteiger partial charge in [-0.2, -0.15) is 0 Å². The van der Waals surface area contributed by atoms with Crippen molar-refractivity contribution in [3.63, 3.8) is 0 Å². The molecule has 6 nitrogen and oxygen atoms in total. The van der Waals surface area contributed by atoms with E-state index in [1.807, 2.05) is 13.0 Å². The van der Waals surface area contributed by atoms with E-state index in [-0.39, 0.29) is 29.7 Å². The highest BCUT2D eigenvalue weighted by Crippen LogP contribution is 2.37. The lowest BCUT2D eigenvalue weighted by atomic mass is 10.1. The van der Waals surface area contributed by atoms with Crippen molar-refractivity contribution in [3.05, 3.63) is 23.8 Å². The zero-order valence-corrected chi connectivity index (χ0v) is 14.4. The van der Waals surface area contributed by atoms with Gasteiger partial charge in [-0.25, -0.2) is 0 Å². The number of benzene rings is 1. The van der Waals surface area contributed by atoms with Gasteiger partial charge < -0.3 is 15.3 Å². The zero-order chi connectivity index (χ0) is 17.4. The number of amides is 2. The van der Waals surface area contributed by atoms with Crippen molar-refractivity contribution in [2.45, 2.75) is 42.9 Å². The van der Waals surface area contributed by atoms with E-state index in [4.69, 9.17) is 5.11 Å². The molecule has 2 atom stereocenters. The first-order valence-corrected chi connectivity index (χ1v) is 8.90. The number of anilines is 1. The Morgan fingerprint density at radius 2 is 2.12 bits per heavy atom. The first-order chi connectivity index (χ1) is 11.4. The lowest BCUT2D eigenvalue weighted by Crippen LogP contribution is -2.38. The first kappa shape index (κ1) is 16.8. The Kier molecular flexibility index (Phi) is 4.54. The van der Waals surface area contributed by atoms with Crippen molar-refractivity contribution >= 4 is 35.2 Å². The van der Waals surface area contributed by atoms with Gasteiger partial charge in [0.25, 0.3) is 5.91 Å². The molecule has 128 valence electrons. The molecule has 2 unspecified atom stereocenters. The molecule has 7 heteroatoms. The second-order valence-electron chi connectivity index (χ2n) is 6.39. The molecule has 3 rings (SSSR count). The maximum Gasteiger partial charge on any atom is 0.308 e. The molecular weight excluding hydrogens is 328 g/mol. The van der Waals surface area contributed by atoms with Crippen LogP contribution in [0.3, 0.4) is 0 Å². The Labute approximate surface area is 144 Å². The molecule has 0 bridgehead atoms. The van der Waals surface area contributed by atoms with E-state index >= 15 is 0 Å². The van der Waals surface area contributed by atoms with Crippen molar-refractivity contribution in [1.29, 1.82) is 0 Å². The second-order valence-corrected chi connectivity index (χ2v) is 7.77. The fraction of sp³-hybridized carbons (Fsp3) is 0.471. The zero-order valence-electron chi connectivity index (χ0n) is 13.6. The van der Waals surface area contributed by atoms with Crippen LogP contribution in [0.5, 0.6) is 0 Å². The van der Waals surface area contributed by atoms with Crippen LogP contribution >= 0.6 is 11.8 Å². The van der Waals surface area contributed by atoms with Crippen LogP contribution in [0.1, 0.15) is 37.0 Å². The lowest BCUT2D eigenvalue weighted by Gasteiger charge is -2.26. The minimum Gasteiger partial charge on any atom is -0.481 e. The van der Waals surface area contributed by atoms with E-state index < -0.39 is 11.9 Å². The van der Waals surface area contributed by atoms with Crippen LogP contribution in [0.25, 0.3) is 0 Å². The summed E-state index contributed by atoms with van der Waals surface area (Å²) >= 11 is 1.47. The Balaban J connectivity index is 1.82. The smallest absolute Gasteiger partial charge is 0.308 e. The molecule has 1 aliphatic carbocycles. The Morgan fingerprint density at radius 1 is 1.42 bits per heavy atom. The molecule has 24 heavy (non-hydrogen) atoms. The average molecular weight is 348 g/mol. The maximum absolute atomic E-state index is 12.8. The second kappa shape index (κ2) is 6.47. The van der Waals surface area contributed by atoms with E-state index in [1.165, 1.54) is 11.8 Å². The maximum atomic E-state index is 12.8. The molecule has 1 aliphatic heterocycles. The van der Waals surface area contributed by atoms with Gasteiger partial charge in [0.2, 0.25) is 5.91 Å². The molecule has 1 fully saturated rings. The van der Waals surface area contributed by atoms with Crippen LogP contribution in [-0.4, -0.2) is 45.6 Å². The highest BCUT2D eigenvalue weighted by Gasteiger charge is 2.35. The summed E-state index contributed by atoms with van der Waals surface area (Å²) in [5, 5.41) is 11.8. The molecule has 1 aromatic rings. The Morgan fingerprint density at radius 3 is 2.75 bits per heavy atom. The van der Waals surface area contributed by atoms with Gasteiger partial charge in [0.05, 0.1) is 16.9 Å². The number of aliphatic carboxylic acids is 1. The monoisotopic (exact) mass is 348 g/mol. The van der Waals surface area contributed by atoms with E-state index in [0.29, 0.717) is 11.3 Å². The van der Waals surface area contributed by atoms with Gasteiger partial charge >= 0.3 is 5.97 Å². The Bertz CT molecular complexity index is 702. The van der Waals surface area contributed by atoms with Crippen LogP contribution in [0.2, 0.25) is 0 Å². The third kappa shape index (κ3) is 3.40. The molecule has 2 amide bonds. The van der Waals surface area contributed by atoms with Gasteiger partial charge in [-0.3, -0.25) is 14.4 Å². The summed E-state index contributed by atoms with van der Waals surface area (Å²) < 4.78 is 0. The van der Waals surface area contributed by atoms with Crippen molar-refractivity contribution in [1.82, 2.24) is 4.90 Å². The summed E-state index contributed by atoms with van der Waals surface area (Å²) in [6.45, 7) is 3.65. The molecule has 2 N–H and O–H groups in total.